The molecular weight excluding hydrogens is 1370 g/mol. The van der Waals surface area contributed by atoms with Gasteiger partial charge in [0, 0.05) is 37.0 Å². The van der Waals surface area contributed by atoms with Crippen LogP contribution in [0.1, 0.15) is 33.4 Å². The van der Waals surface area contributed by atoms with Crippen LogP contribution >= 0.6 is 55.5 Å². The van der Waals surface area contributed by atoms with E-state index >= 15 is 0 Å². The predicted octanol–water partition coefficient (Wildman–Crippen LogP) is 19.2. The third-order valence-electron chi connectivity index (χ3n) is 19.1. The second-order valence-electron chi connectivity index (χ2n) is 25.7. The Hall–Kier alpha value is -8.69. The van der Waals surface area contributed by atoms with Gasteiger partial charge < -0.3 is 0 Å². The fourth-order valence-corrected chi connectivity index (χ4v) is 32.3. The lowest BCUT2D eigenvalue weighted by molar-refractivity contribution is 1.33. The standard InChI is InChI=1S/C96H81P7/c1-13-46-82(47-14-1)97(83-48-15-2-16-49-83)70-76-40-37-41-77(71-98(84-50-17-3-18-51-84)85-52-19-4-20-53-85)94(76)103(95-78(72-99(86-54-21-5-22-55-86)87-56-23-6-24-57-87)42-38-43-79(95)73-100(88-58-25-7-26-59-88)89-60-27-8-28-61-89)96-80(74-101(90-62-29-9-30-63-90)91-64-31-10-32-65-91)44-39-45-81(96)75-102(92-66-33-11-34-67-92)93-68-35-12-36-69-93/h1-69H,70-75H2. The van der Waals surface area contributed by atoms with Crippen molar-refractivity contribution in [3.63, 3.8) is 0 Å². The van der Waals surface area contributed by atoms with Crippen molar-refractivity contribution >= 4 is 135 Å². The highest BCUT2D eigenvalue weighted by atomic mass is 31.1. The molecule has 0 aromatic heterocycles. The molecule has 15 aromatic rings. The summed E-state index contributed by atoms with van der Waals surface area (Å²) in [5.41, 5.74) is 8.69. The summed E-state index contributed by atoms with van der Waals surface area (Å²) in [6, 6.07) is 161. The first-order valence-electron chi connectivity index (χ1n) is 35.5. The summed E-state index contributed by atoms with van der Waals surface area (Å²) in [7, 11) is -7.08. The van der Waals surface area contributed by atoms with E-state index in [4.69, 9.17) is 0 Å². The van der Waals surface area contributed by atoms with Gasteiger partial charge >= 0.3 is 0 Å². The molecule has 0 heterocycles. The van der Waals surface area contributed by atoms with E-state index in [1.807, 2.05) is 0 Å². The quantitative estimate of drug-likeness (QED) is 0.0450. The first kappa shape index (κ1) is 70.0. The van der Waals surface area contributed by atoms with Crippen molar-refractivity contribution in [2.45, 2.75) is 37.0 Å². The normalized spacial score (nSPS) is 11.6. The molecule has 0 aliphatic carbocycles. The van der Waals surface area contributed by atoms with Crippen LogP contribution in [0.4, 0.5) is 0 Å². The van der Waals surface area contributed by atoms with E-state index in [0.29, 0.717) is 0 Å². The third kappa shape index (κ3) is 17.1. The zero-order chi connectivity index (χ0) is 69.2. The van der Waals surface area contributed by atoms with E-state index in [-0.39, 0.29) is 0 Å². The van der Waals surface area contributed by atoms with Gasteiger partial charge in [-0.1, -0.05) is 419 Å². The predicted molar refractivity (Wildman–Crippen MR) is 462 cm³/mol. The van der Waals surface area contributed by atoms with Crippen LogP contribution in [0, 0.1) is 0 Å². The van der Waals surface area contributed by atoms with Crippen LogP contribution in [0.2, 0.25) is 0 Å². The van der Waals surface area contributed by atoms with E-state index in [1.54, 1.807) is 0 Å². The Morgan fingerprint density at radius 2 is 0.223 bits per heavy atom. The Morgan fingerprint density at radius 3 is 0.330 bits per heavy atom. The maximum Gasteiger partial charge on any atom is 0.00141 e. The highest BCUT2D eigenvalue weighted by molar-refractivity contribution is 7.81. The summed E-state index contributed by atoms with van der Waals surface area (Å²) in [5.74, 6) is 0. The topological polar surface area (TPSA) is 0 Å². The molecule has 0 atom stereocenters. The second kappa shape index (κ2) is 35.2. The molecule has 0 fully saturated rings. The molecule has 15 aromatic carbocycles. The maximum absolute atomic E-state index is 2.59. The molecule has 0 spiro atoms. The molecule has 0 N–H and O–H groups in total. The van der Waals surface area contributed by atoms with Crippen molar-refractivity contribution in [1.29, 1.82) is 0 Å². The molecule has 0 saturated heterocycles. The van der Waals surface area contributed by atoms with Gasteiger partial charge in [-0.15, -0.1) is 0 Å². The number of hydrogen-bond donors (Lipinski definition) is 0. The number of benzene rings is 15. The molecule has 0 bridgehead atoms. The zero-order valence-electron chi connectivity index (χ0n) is 57.7. The first-order chi connectivity index (χ1) is 51.1. The lowest BCUT2D eigenvalue weighted by atomic mass is 10.1. The van der Waals surface area contributed by atoms with Crippen molar-refractivity contribution in [2.24, 2.45) is 0 Å². The van der Waals surface area contributed by atoms with Gasteiger partial charge in [-0.25, -0.2) is 0 Å². The average Bonchev–Trinajstić information content (AvgIpc) is 0.737. The molecule has 0 aliphatic rings. The molecule has 0 amide bonds. The smallest absolute Gasteiger partial charge is 0.00141 e. The summed E-state index contributed by atoms with van der Waals surface area (Å²) in [6.45, 7) is 0. The molecule has 0 nitrogen and oxygen atoms in total. The van der Waals surface area contributed by atoms with Crippen LogP contribution in [0.3, 0.4) is 0 Å². The van der Waals surface area contributed by atoms with Crippen molar-refractivity contribution in [3.8, 4) is 0 Å². The fraction of sp³-hybridized carbons (Fsp3) is 0.0625. The minimum Gasteiger partial charge on any atom is -0.0622 e. The molecule has 0 saturated carbocycles. The Kier molecular flexibility index (Phi) is 23.9. The Bertz CT molecular complexity index is 4020. The Morgan fingerprint density at radius 1 is 0.117 bits per heavy atom. The fourth-order valence-electron chi connectivity index (χ4n) is 14.2. The molecule has 0 aliphatic heterocycles. The first-order valence-corrected chi connectivity index (χ1v) is 46.0. The summed E-state index contributed by atoms with van der Waals surface area (Å²) in [4.78, 5) is 0. The number of rotatable bonds is 27. The van der Waals surface area contributed by atoms with Crippen LogP contribution < -0.4 is 79.6 Å². The number of hydrogen-bond acceptors (Lipinski definition) is 0. The third-order valence-corrected chi connectivity index (χ3v) is 37.1. The van der Waals surface area contributed by atoms with Gasteiger partial charge in [0.1, 0.15) is 0 Å². The van der Waals surface area contributed by atoms with E-state index in [2.05, 4.69) is 419 Å². The van der Waals surface area contributed by atoms with E-state index in [0.717, 1.165) is 37.0 Å². The monoisotopic (exact) mass is 1450 g/mol. The van der Waals surface area contributed by atoms with Crippen LogP contribution in [-0.2, 0) is 37.0 Å². The minimum absolute atomic E-state index is 0.873. The summed E-state index contributed by atoms with van der Waals surface area (Å²) in [5, 5.41) is 21.3. The van der Waals surface area contributed by atoms with E-state index < -0.39 is 55.5 Å². The highest BCUT2D eigenvalue weighted by Gasteiger charge is 2.36. The van der Waals surface area contributed by atoms with Gasteiger partial charge in [-0.05, 0) is 168 Å². The zero-order valence-corrected chi connectivity index (χ0v) is 64.0. The van der Waals surface area contributed by atoms with Crippen LogP contribution in [0.15, 0.2) is 419 Å². The molecule has 7 heteroatoms. The van der Waals surface area contributed by atoms with Gasteiger partial charge in [-0.2, -0.15) is 0 Å². The summed E-state index contributed by atoms with van der Waals surface area (Å²) < 4.78 is 0. The van der Waals surface area contributed by atoms with Gasteiger partial charge in [0.15, 0.2) is 0 Å². The molecule has 0 radical (unpaired) electrons. The van der Waals surface area contributed by atoms with Crippen molar-refractivity contribution in [1.82, 2.24) is 0 Å². The SMILES string of the molecule is c1ccc(P(Cc2cccc(CP(c3ccccc3)c3ccccc3)c2P(c2c(CP(c3ccccc3)c3ccccc3)cccc2CP(c2ccccc2)c2ccccc2)c2c(CP(c3ccccc3)c3ccccc3)cccc2CP(c2ccccc2)c2ccccc2)c2ccccc2)cc1. The molecule has 500 valence electrons. The highest BCUT2D eigenvalue weighted by Crippen LogP contribution is 2.53. The van der Waals surface area contributed by atoms with Gasteiger partial charge in [0.2, 0.25) is 0 Å². The molecular formula is C96H81P7. The summed E-state index contributed by atoms with van der Waals surface area (Å²) in [6.07, 6.45) is 5.24. The van der Waals surface area contributed by atoms with Gasteiger partial charge in [0.05, 0.1) is 0 Å². The summed E-state index contributed by atoms with van der Waals surface area (Å²) >= 11 is 0. The van der Waals surface area contributed by atoms with Gasteiger partial charge in [0.25, 0.3) is 0 Å². The maximum atomic E-state index is 2.59. The molecule has 15 rings (SSSR count). The molecule has 0 unspecified atom stereocenters. The van der Waals surface area contributed by atoms with Crippen LogP contribution in [-0.4, -0.2) is 0 Å². The lowest BCUT2D eigenvalue weighted by Crippen LogP contribution is -2.35. The minimum atomic E-state index is -1.52. The molecule has 103 heavy (non-hydrogen) atoms. The Balaban J connectivity index is 1.11. The lowest BCUT2D eigenvalue weighted by Gasteiger charge is -2.36. The second-order valence-corrected chi connectivity index (χ2v) is 40.9. The average molecular weight is 1450 g/mol. The van der Waals surface area contributed by atoms with Crippen molar-refractivity contribution in [2.75, 3.05) is 0 Å². The largest absolute Gasteiger partial charge is 0.0622 e. The van der Waals surface area contributed by atoms with Crippen LogP contribution in [0.25, 0.3) is 0 Å². The van der Waals surface area contributed by atoms with Crippen LogP contribution in [0.5, 0.6) is 0 Å². The van der Waals surface area contributed by atoms with Crippen molar-refractivity contribution < 1.29 is 0 Å². The van der Waals surface area contributed by atoms with E-state index in [9.17, 15) is 0 Å². The van der Waals surface area contributed by atoms with E-state index in [1.165, 1.54) is 113 Å². The Labute approximate surface area is 619 Å². The van der Waals surface area contributed by atoms with Crippen molar-refractivity contribution in [3.05, 3.63) is 452 Å². The van der Waals surface area contributed by atoms with Gasteiger partial charge in [-0.3, -0.25) is 0 Å².